The Morgan fingerprint density at radius 1 is 1.06 bits per heavy atom. The molecule has 3 N–H and O–H groups in total. The van der Waals surface area contributed by atoms with Crippen molar-refractivity contribution in [3.63, 3.8) is 0 Å². The SMILES string of the molecule is C=CCC(CCCCCCCCCC)NN. The summed E-state index contributed by atoms with van der Waals surface area (Å²) in [4.78, 5) is 0. The lowest BCUT2D eigenvalue weighted by Gasteiger charge is -2.12. The number of nitrogens with two attached hydrogens (primary N) is 1. The Bertz CT molecular complexity index is 146. The van der Waals surface area contributed by atoms with Gasteiger partial charge in [-0.05, 0) is 12.8 Å². The highest BCUT2D eigenvalue weighted by atomic mass is 15.2. The van der Waals surface area contributed by atoms with E-state index in [0.717, 1.165) is 6.42 Å². The fourth-order valence-electron chi connectivity index (χ4n) is 2.00. The molecule has 0 aromatic rings. The molecule has 0 radical (unpaired) electrons. The van der Waals surface area contributed by atoms with E-state index in [-0.39, 0.29) is 0 Å². The van der Waals surface area contributed by atoms with Gasteiger partial charge in [-0.15, -0.1) is 6.58 Å². The zero-order chi connectivity index (χ0) is 12.1. The van der Waals surface area contributed by atoms with E-state index >= 15 is 0 Å². The molecule has 0 amide bonds. The van der Waals surface area contributed by atoms with Gasteiger partial charge >= 0.3 is 0 Å². The van der Waals surface area contributed by atoms with Gasteiger partial charge in [0.2, 0.25) is 0 Å². The Kier molecular flexibility index (Phi) is 12.5. The van der Waals surface area contributed by atoms with E-state index in [2.05, 4.69) is 18.9 Å². The molecule has 0 saturated carbocycles. The lowest BCUT2D eigenvalue weighted by Crippen LogP contribution is -2.34. The Hall–Kier alpha value is -0.340. The van der Waals surface area contributed by atoms with E-state index in [1.54, 1.807) is 0 Å². The van der Waals surface area contributed by atoms with Crippen molar-refractivity contribution in [1.82, 2.24) is 5.43 Å². The smallest absolute Gasteiger partial charge is 0.0244 e. The van der Waals surface area contributed by atoms with Gasteiger partial charge in [-0.1, -0.05) is 64.4 Å². The topological polar surface area (TPSA) is 38.0 Å². The summed E-state index contributed by atoms with van der Waals surface area (Å²) >= 11 is 0. The molecule has 0 bridgehead atoms. The highest BCUT2D eigenvalue weighted by Gasteiger charge is 2.02. The van der Waals surface area contributed by atoms with Crippen molar-refractivity contribution in [3.8, 4) is 0 Å². The van der Waals surface area contributed by atoms with Crippen molar-refractivity contribution < 1.29 is 0 Å². The average Bonchev–Trinajstić information content (AvgIpc) is 2.31. The molecule has 1 unspecified atom stereocenters. The fraction of sp³-hybridized carbons (Fsp3) is 0.857. The third kappa shape index (κ3) is 10.2. The summed E-state index contributed by atoms with van der Waals surface area (Å²) in [6, 6.07) is 0.428. The van der Waals surface area contributed by atoms with Crippen LogP contribution in [0, 0.1) is 0 Å². The molecule has 0 fully saturated rings. The zero-order valence-corrected chi connectivity index (χ0v) is 11.0. The van der Waals surface area contributed by atoms with Crippen molar-refractivity contribution >= 4 is 0 Å². The van der Waals surface area contributed by atoms with Crippen LogP contribution < -0.4 is 11.3 Å². The molecular formula is C14H30N2. The largest absolute Gasteiger partial charge is 0.271 e. The van der Waals surface area contributed by atoms with Gasteiger partial charge < -0.3 is 0 Å². The van der Waals surface area contributed by atoms with Crippen LogP contribution in [-0.4, -0.2) is 6.04 Å². The molecule has 0 aliphatic carbocycles. The minimum Gasteiger partial charge on any atom is -0.271 e. The zero-order valence-electron chi connectivity index (χ0n) is 11.0. The lowest BCUT2D eigenvalue weighted by molar-refractivity contribution is 0.463. The third-order valence-electron chi connectivity index (χ3n) is 3.09. The molecule has 0 saturated heterocycles. The van der Waals surface area contributed by atoms with Gasteiger partial charge in [0.25, 0.3) is 0 Å². The lowest BCUT2D eigenvalue weighted by atomic mass is 10.0. The molecule has 16 heavy (non-hydrogen) atoms. The molecule has 2 heteroatoms. The van der Waals surface area contributed by atoms with Crippen LogP contribution in [0.4, 0.5) is 0 Å². The first kappa shape index (κ1) is 15.7. The van der Waals surface area contributed by atoms with Gasteiger partial charge in [0, 0.05) is 6.04 Å². The molecule has 0 aliphatic rings. The summed E-state index contributed by atoms with van der Waals surface area (Å²) in [5.41, 5.74) is 2.85. The maximum absolute atomic E-state index is 5.46. The van der Waals surface area contributed by atoms with Crippen LogP contribution in [0.15, 0.2) is 12.7 Å². The van der Waals surface area contributed by atoms with Crippen LogP contribution in [0.3, 0.4) is 0 Å². The van der Waals surface area contributed by atoms with Gasteiger partial charge in [0.1, 0.15) is 0 Å². The molecular weight excluding hydrogens is 196 g/mol. The Morgan fingerprint density at radius 3 is 2.12 bits per heavy atom. The van der Waals surface area contributed by atoms with Crippen LogP contribution in [0.25, 0.3) is 0 Å². The second kappa shape index (κ2) is 12.7. The number of hydrogen-bond donors (Lipinski definition) is 2. The molecule has 1 atom stereocenters. The van der Waals surface area contributed by atoms with Crippen molar-refractivity contribution in [3.05, 3.63) is 12.7 Å². The average molecular weight is 226 g/mol. The van der Waals surface area contributed by atoms with Gasteiger partial charge in [0.05, 0.1) is 0 Å². The first-order chi connectivity index (χ1) is 7.85. The summed E-state index contributed by atoms with van der Waals surface area (Å²) < 4.78 is 0. The van der Waals surface area contributed by atoms with E-state index < -0.39 is 0 Å². The number of nitrogens with one attached hydrogen (secondary N) is 1. The quantitative estimate of drug-likeness (QED) is 0.229. The Morgan fingerprint density at radius 2 is 1.62 bits per heavy atom. The van der Waals surface area contributed by atoms with E-state index in [9.17, 15) is 0 Å². The summed E-state index contributed by atoms with van der Waals surface area (Å²) in [6.45, 7) is 6.00. The molecule has 0 rings (SSSR count). The Labute approximate surface area is 102 Å². The predicted molar refractivity (Wildman–Crippen MR) is 73.2 cm³/mol. The first-order valence-electron chi connectivity index (χ1n) is 6.92. The van der Waals surface area contributed by atoms with Crippen LogP contribution in [0.5, 0.6) is 0 Å². The monoisotopic (exact) mass is 226 g/mol. The van der Waals surface area contributed by atoms with Gasteiger partial charge in [-0.3, -0.25) is 11.3 Å². The number of rotatable bonds is 12. The van der Waals surface area contributed by atoms with Crippen LogP contribution >= 0.6 is 0 Å². The van der Waals surface area contributed by atoms with E-state index in [1.807, 2.05) is 6.08 Å². The van der Waals surface area contributed by atoms with E-state index in [4.69, 9.17) is 5.84 Å². The van der Waals surface area contributed by atoms with E-state index in [0.29, 0.717) is 6.04 Å². The second-order valence-electron chi connectivity index (χ2n) is 4.65. The molecule has 0 spiro atoms. The van der Waals surface area contributed by atoms with Crippen molar-refractivity contribution in [2.75, 3.05) is 0 Å². The normalized spacial score (nSPS) is 12.6. The standard InChI is InChI=1S/C14H30N2/c1-3-5-6-7-8-9-10-11-13-14(16-15)12-4-2/h4,14,16H,2-3,5-13,15H2,1H3. The molecule has 0 aliphatic heterocycles. The predicted octanol–water partition coefficient (Wildman–Crippen LogP) is 3.93. The van der Waals surface area contributed by atoms with Crippen LogP contribution in [-0.2, 0) is 0 Å². The van der Waals surface area contributed by atoms with Gasteiger partial charge in [-0.2, -0.15) is 0 Å². The molecule has 2 nitrogen and oxygen atoms in total. The summed E-state index contributed by atoms with van der Waals surface area (Å²) in [5, 5.41) is 0. The van der Waals surface area contributed by atoms with Crippen molar-refractivity contribution in [1.29, 1.82) is 0 Å². The van der Waals surface area contributed by atoms with Gasteiger partial charge in [0.15, 0.2) is 0 Å². The maximum Gasteiger partial charge on any atom is 0.0244 e. The summed E-state index contributed by atoms with van der Waals surface area (Å²) in [5.74, 6) is 5.46. The molecule has 96 valence electrons. The number of hydrogen-bond acceptors (Lipinski definition) is 2. The van der Waals surface area contributed by atoms with Crippen LogP contribution in [0.2, 0.25) is 0 Å². The Balaban J connectivity index is 3.15. The van der Waals surface area contributed by atoms with Crippen LogP contribution in [0.1, 0.15) is 71.1 Å². The number of hydrazine groups is 1. The summed E-state index contributed by atoms with van der Waals surface area (Å²) in [6.07, 6.45) is 15.1. The highest BCUT2D eigenvalue weighted by molar-refractivity contribution is 4.76. The molecule has 0 aromatic heterocycles. The van der Waals surface area contributed by atoms with Gasteiger partial charge in [-0.25, -0.2) is 0 Å². The molecule has 0 heterocycles. The maximum atomic E-state index is 5.46. The van der Waals surface area contributed by atoms with Crippen molar-refractivity contribution in [2.45, 2.75) is 77.2 Å². The van der Waals surface area contributed by atoms with Crippen molar-refractivity contribution in [2.24, 2.45) is 5.84 Å². The minimum absolute atomic E-state index is 0.428. The third-order valence-corrected chi connectivity index (χ3v) is 3.09. The minimum atomic E-state index is 0.428. The molecule has 0 aromatic carbocycles. The number of unbranched alkanes of at least 4 members (excludes halogenated alkanes) is 7. The first-order valence-corrected chi connectivity index (χ1v) is 6.92. The second-order valence-corrected chi connectivity index (χ2v) is 4.65. The highest BCUT2D eigenvalue weighted by Crippen LogP contribution is 2.11. The fourth-order valence-corrected chi connectivity index (χ4v) is 2.00. The van der Waals surface area contributed by atoms with E-state index in [1.165, 1.54) is 57.8 Å². The summed E-state index contributed by atoms with van der Waals surface area (Å²) in [7, 11) is 0.